The summed E-state index contributed by atoms with van der Waals surface area (Å²) < 4.78 is 5.25. The molecule has 98 valence electrons. The maximum Gasteiger partial charge on any atom is 0.258 e. The highest BCUT2D eigenvalue weighted by Gasteiger charge is 2.18. The number of rotatable bonds is 4. The molecule has 1 aliphatic rings. The molecule has 0 saturated carbocycles. The third kappa shape index (κ3) is 3.30. The van der Waals surface area contributed by atoms with Gasteiger partial charge in [-0.15, -0.1) is 11.8 Å². The van der Waals surface area contributed by atoms with Gasteiger partial charge >= 0.3 is 0 Å². The van der Waals surface area contributed by atoms with E-state index in [1.165, 1.54) is 0 Å². The Bertz CT molecular complexity index is 561. The van der Waals surface area contributed by atoms with Crippen LogP contribution in [-0.4, -0.2) is 18.3 Å². The Morgan fingerprint density at radius 2 is 2.42 bits per heavy atom. The number of carbonyl (C=O) groups excluding carboxylic acids is 1. The highest BCUT2D eigenvalue weighted by Crippen LogP contribution is 2.20. The Kier molecular flexibility index (Phi) is 4.48. The highest BCUT2D eigenvalue weighted by molar-refractivity contribution is 7.99. The molecule has 0 atom stereocenters. The Morgan fingerprint density at radius 3 is 3.16 bits per heavy atom. The lowest BCUT2D eigenvalue weighted by atomic mass is 10.2. The molecule has 2 rings (SSSR count). The summed E-state index contributed by atoms with van der Waals surface area (Å²) in [6, 6.07) is 9.44. The van der Waals surface area contributed by atoms with Crippen molar-refractivity contribution in [1.29, 1.82) is 5.26 Å². The molecular formula is C14H14N2O2S. The first-order valence-corrected chi connectivity index (χ1v) is 7.03. The van der Waals surface area contributed by atoms with Gasteiger partial charge in [-0.25, -0.2) is 0 Å². The SMILES string of the molecule is CCSc1cccc(C(=O)NC2=C(C#N)CCO2)c1. The zero-order chi connectivity index (χ0) is 13.7. The normalized spacial score (nSPS) is 13.9. The first kappa shape index (κ1) is 13.5. The van der Waals surface area contributed by atoms with E-state index in [0.717, 1.165) is 10.6 Å². The molecule has 0 bridgehead atoms. The van der Waals surface area contributed by atoms with Crippen LogP contribution >= 0.6 is 11.8 Å². The van der Waals surface area contributed by atoms with Gasteiger partial charge in [-0.2, -0.15) is 5.26 Å². The van der Waals surface area contributed by atoms with Gasteiger partial charge in [-0.1, -0.05) is 13.0 Å². The topological polar surface area (TPSA) is 62.1 Å². The zero-order valence-electron chi connectivity index (χ0n) is 10.6. The van der Waals surface area contributed by atoms with E-state index < -0.39 is 0 Å². The van der Waals surface area contributed by atoms with E-state index in [0.29, 0.717) is 30.0 Å². The molecule has 0 unspecified atom stereocenters. The second kappa shape index (κ2) is 6.30. The Morgan fingerprint density at radius 1 is 1.58 bits per heavy atom. The summed E-state index contributed by atoms with van der Waals surface area (Å²) in [6.45, 7) is 2.51. The lowest BCUT2D eigenvalue weighted by Crippen LogP contribution is -2.23. The van der Waals surface area contributed by atoms with E-state index in [-0.39, 0.29) is 5.91 Å². The molecule has 0 spiro atoms. The first-order chi connectivity index (χ1) is 9.24. The largest absolute Gasteiger partial charge is 0.478 e. The summed E-state index contributed by atoms with van der Waals surface area (Å²) in [5, 5.41) is 11.5. The molecule has 1 aromatic carbocycles. The van der Waals surface area contributed by atoms with Crippen LogP contribution in [0.5, 0.6) is 0 Å². The molecular weight excluding hydrogens is 260 g/mol. The molecule has 0 saturated heterocycles. The monoisotopic (exact) mass is 274 g/mol. The highest BCUT2D eigenvalue weighted by atomic mass is 32.2. The Balaban J connectivity index is 2.12. The van der Waals surface area contributed by atoms with Crippen LogP contribution in [0.25, 0.3) is 0 Å². The van der Waals surface area contributed by atoms with E-state index in [2.05, 4.69) is 12.2 Å². The van der Waals surface area contributed by atoms with Crippen molar-refractivity contribution < 1.29 is 9.53 Å². The number of amides is 1. The van der Waals surface area contributed by atoms with Crippen LogP contribution in [0.15, 0.2) is 40.6 Å². The summed E-state index contributed by atoms with van der Waals surface area (Å²) >= 11 is 1.68. The molecule has 19 heavy (non-hydrogen) atoms. The molecule has 4 nitrogen and oxygen atoms in total. The fourth-order valence-corrected chi connectivity index (χ4v) is 2.46. The van der Waals surface area contributed by atoms with Crippen LogP contribution in [0.2, 0.25) is 0 Å². The number of ether oxygens (including phenoxy) is 1. The van der Waals surface area contributed by atoms with Crippen LogP contribution < -0.4 is 5.32 Å². The van der Waals surface area contributed by atoms with Crippen molar-refractivity contribution in [3.05, 3.63) is 41.3 Å². The van der Waals surface area contributed by atoms with Crippen molar-refractivity contribution in [2.24, 2.45) is 0 Å². The van der Waals surface area contributed by atoms with Crippen LogP contribution in [0, 0.1) is 11.3 Å². The van der Waals surface area contributed by atoms with Crippen molar-refractivity contribution >= 4 is 17.7 Å². The minimum atomic E-state index is -0.247. The number of benzene rings is 1. The molecule has 0 aliphatic carbocycles. The number of hydrogen-bond acceptors (Lipinski definition) is 4. The van der Waals surface area contributed by atoms with Gasteiger partial charge in [0.15, 0.2) is 0 Å². The molecule has 1 aromatic rings. The van der Waals surface area contributed by atoms with Crippen molar-refractivity contribution in [2.75, 3.05) is 12.4 Å². The van der Waals surface area contributed by atoms with Crippen molar-refractivity contribution in [1.82, 2.24) is 5.32 Å². The van der Waals surface area contributed by atoms with Gasteiger partial charge in [0, 0.05) is 16.9 Å². The van der Waals surface area contributed by atoms with Gasteiger partial charge in [-0.3, -0.25) is 10.1 Å². The maximum atomic E-state index is 12.1. The third-order valence-corrected chi connectivity index (χ3v) is 3.52. The average Bonchev–Trinajstić information content (AvgIpc) is 2.86. The number of nitrogens with one attached hydrogen (secondary N) is 1. The summed E-state index contributed by atoms with van der Waals surface area (Å²) in [4.78, 5) is 13.1. The molecule has 1 amide bonds. The van der Waals surface area contributed by atoms with Gasteiger partial charge in [0.2, 0.25) is 5.88 Å². The van der Waals surface area contributed by atoms with E-state index in [1.54, 1.807) is 17.8 Å². The second-order valence-electron chi connectivity index (χ2n) is 3.93. The lowest BCUT2D eigenvalue weighted by molar-refractivity contribution is 0.0930. The third-order valence-electron chi connectivity index (χ3n) is 2.64. The van der Waals surface area contributed by atoms with E-state index in [1.807, 2.05) is 24.3 Å². The molecule has 0 radical (unpaired) electrons. The average molecular weight is 274 g/mol. The molecule has 1 heterocycles. The first-order valence-electron chi connectivity index (χ1n) is 6.05. The predicted molar refractivity (Wildman–Crippen MR) is 73.5 cm³/mol. The Labute approximate surface area is 116 Å². The summed E-state index contributed by atoms with van der Waals surface area (Å²) in [5.74, 6) is 1.00. The van der Waals surface area contributed by atoms with Crippen molar-refractivity contribution in [3.8, 4) is 6.07 Å². The van der Waals surface area contributed by atoms with Gasteiger partial charge in [0.1, 0.15) is 6.07 Å². The molecule has 0 fully saturated rings. The number of thioether (sulfide) groups is 1. The van der Waals surface area contributed by atoms with Crippen LogP contribution in [-0.2, 0) is 4.74 Å². The van der Waals surface area contributed by atoms with Gasteiger partial charge in [-0.05, 0) is 24.0 Å². The molecule has 0 aromatic heterocycles. The van der Waals surface area contributed by atoms with Crippen LogP contribution in [0.1, 0.15) is 23.7 Å². The minimum Gasteiger partial charge on any atom is -0.478 e. The summed E-state index contributed by atoms with van der Waals surface area (Å²) in [6.07, 6.45) is 0.553. The fourth-order valence-electron chi connectivity index (χ4n) is 1.74. The lowest BCUT2D eigenvalue weighted by Gasteiger charge is -2.07. The number of nitrogens with zero attached hydrogens (tertiary/aromatic N) is 1. The number of nitriles is 1. The van der Waals surface area contributed by atoms with Gasteiger partial charge < -0.3 is 4.74 Å². The van der Waals surface area contributed by atoms with Crippen LogP contribution in [0.3, 0.4) is 0 Å². The molecule has 5 heteroatoms. The predicted octanol–water partition coefficient (Wildman–Crippen LogP) is 2.68. The number of carbonyl (C=O) groups is 1. The summed E-state index contributed by atoms with van der Waals surface area (Å²) in [7, 11) is 0. The molecule has 1 aliphatic heterocycles. The minimum absolute atomic E-state index is 0.247. The van der Waals surface area contributed by atoms with Crippen molar-refractivity contribution in [2.45, 2.75) is 18.2 Å². The standard InChI is InChI=1S/C14H14N2O2S/c1-2-19-12-5-3-4-10(8-12)13(17)16-14-11(9-15)6-7-18-14/h3-5,8H,2,6-7H2,1H3,(H,16,17). The quantitative estimate of drug-likeness (QED) is 0.857. The summed E-state index contributed by atoms with van der Waals surface area (Å²) in [5.41, 5.74) is 1.06. The maximum absolute atomic E-state index is 12.1. The van der Waals surface area contributed by atoms with E-state index in [9.17, 15) is 4.79 Å². The smallest absolute Gasteiger partial charge is 0.258 e. The fraction of sp³-hybridized carbons (Fsp3) is 0.286. The molecule has 1 N–H and O–H groups in total. The second-order valence-corrected chi connectivity index (χ2v) is 5.27. The van der Waals surface area contributed by atoms with E-state index >= 15 is 0 Å². The zero-order valence-corrected chi connectivity index (χ0v) is 11.4. The van der Waals surface area contributed by atoms with Gasteiger partial charge in [0.05, 0.1) is 12.2 Å². The van der Waals surface area contributed by atoms with Crippen molar-refractivity contribution in [3.63, 3.8) is 0 Å². The number of hydrogen-bond donors (Lipinski definition) is 1. The van der Waals surface area contributed by atoms with E-state index in [4.69, 9.17) is 10.00 Å². The van der Waals surface area contributed by atoms with Crippen LogP contribution in [0.4, 0.5) is 0 Å². The Hall–Kier alpha value is -1.93. The van der Waals surface area contributed by atoms with Gasteiger partial charge in [0.25, 0.3) is 5.91 Å².